The topological polar surface area (TPSA) is 43.6 Å². The number of aromatic nitrogens is 1. The van der Waals surface area contributed by atoms with E-state index in [1.165, 1.54) is 29.0 Å². The number of aryl methyl sites for hydroxylation is 1. The SMILES string of the molecule is COc1c(Br)cc(/C=c2/sc3n(c2=O)[C@@H](c2ccc(F)cc2)C2=C(N=3)c3ccccc3CC2)cc1Br. The van der Waals surface area contributed by atoms with Gasteiger partial charge >= 0.3 is 0 Å². The minimum absolute atomic E-state index is 0.110. The predicted molar refractivity (Wildman–Crippen MR) is 148 cm³/mol. The molecule has 1 aliphatic carbocycles. The van der Waals surface area contributed by atoms with Gasteiger partial charge in [0.1, 0.15) is 11.6 Å². The Kier molecular flexibility index (Phi) is 6.06. The van der Waals surface area contributed by atoms with Gasteiger partial charge < -0.3 is 4.74 Å². The summed E-state index contributed by atoms with van der Waals surface area (Å²) in [5.41, 5.74) is 5.99. The van der Waals surface area contributed by atoms with E-state index < -0.39 is 0 Å². The Hall–Kier alpha value is -2.81. The number of ether oxygens (including phenoxy) is 1. The number of halogens is 3. The zero-order chi connectivity index (χ0) is 25.0. The quantitative estimate of drug-likeness (QED) is 0.281. The fraction of sp³-hybridized carbons (Fsp3) is 0.143. The number of thiazole rings is 1. The smallest absolute Gasteiger partial charge is 0.271 e. The van der Waals surface area contributed by atoms with Crippen molar-refractivity contribution in [3.05, 3.63) is 123 Å². The molecule has 4 nitrogen and oxygen atoms in total. The first-order chi connectivity index (χ1) is 17.4. The van der Waals surface area contributed by atoms with E-state index in [0.717, 1.165) is 49.7 Å². The summed E-state index contributed by atoms with van der Waals surface area (Å²) in [7, 11) is 1.61. The van der Waals surface area contributed by atoms with Gasteiger partial charge in [0.15, 0.2) is 4.80 Å². The molecule has 0 saturated carbocycles. The number of methoxy groups -OCH3 is 1. The third kappa shape index (κ3) is 3.92. The van der Waals surface area contributed by atoms with Crippen LogP contribution in [0.25, 0.3) is 11.8 Å². The predicted octanol–water partition coefficient (Wildman–Crippen LogP) is 5.99. The van der Waals surface area contributed by atoms with Gasteiger partial charge in [-0.05, 0) is 97.3 Å². The van der Waals surface area contributed by atoms with Crippen LogP contribution in [-0.4, -0.2) is 11.7 Å². The van der Waals surface area contributed by atoms with Crippen LogP contribution in [0, 0.1) is 5.82 Å². The van der Waals surface area contributed by atoms with Crippen molar-refractivity contribution in [1.82, 2.24) is 4.57 Å². The van der Waals surface area contributed by atoms with E-state index in [0.29, 0.717) is 15.1 Å². The highest BCUT2D eigenvalue weighted by Crippen LogP contribution is 2.41. The van der Waals surface area contributed by atoms with Crippen LogP contribution in [0.4, 0.5) is 4.39 Å². The minimum Gasteiger partial charge on any atom is -0.494 e. The van der Waals surface area contributed by atoms with Gasteiger partial charge in [-0.2, -0.15) is 0 Å². The molecule has 36 heavy (non-hydrogen) atoms. The summed E-state index contributed by atoms with van der Waals surface area (Å²) in [6.45, 7) is 0. The molecule has 180 valence electrons. The molecule has 0 spiro atoms. The Labute approximate surface area is 227 Å². The number of nitrogens with zero attached hydrogens (tertiary/aromatic N) is 2. The number of rotatable bonds is 3. The molecule has 8 heteroatoms. The molecule has 0 fully saturated rings. The van der Waals surface area contributed by atoms with E-state index in [2.05, 4.69) is 44.0 Å². The van der Waals surface area contributed by atoms with Crippen LogP contribution < -0.4 is 19.6 Å². The Morgan fingerprint density at radius 1 is 1.08 bits per heavy atom. The van der Waals surface area contributed by atoms with Crippen LogP contribution in [-0.2, 0) is 6.42 Å². The van der Waals surface area contributed by atoms with Crippen LogP contribution in [0.3, 0.4) is 0 Å². The first-order valence-corrected chi connectivity index (χ1v) is 13.8. The zero-order valence-corrected chi connectivity index (χ0v) is 23.1. The molecular weight excluding hydrogens is 607 g/mol. The van der Waals surface area contributed by atoms with E-state index in [9.17, 15) is 9.18 Å². The Morgan fingerprint density at radius 3 is 2.53 bits per heavy atom. The van der Waals surface area contributed by atoms with Gasteiger partial charge in [0.25, 0.3) is 5.56 Å². The van der Waals surface area contributed by atoms with Crippen LogP contribution in [0.15, 0.2) is 85.0 Å². The van der Waals surface area contributed by atoms with Crippen molar-refractivity contribution in [3.8, 4) is 5.75 Å². The van der Waals surface area contributed by atoms with Crippen molar-refractivity contribution in [2.75, 3.05) is 7.11 Å². The monoisotopic (exact) mass is 624 g/mol. The molecule has 3 aromatic carbocycles. The molecule has 1 aliphatic heterocycles. The minimum atomic E-state index is -0.332. The summed E-state index contributed by atoms with van der Waals surface area (Å²) < 4.78 is 23.1. The van der Waals surface area contributed by atoms with Crippen LogP contribution >= 0.6 is 43.2 Å². The molecule has 0 radical (unpaired) electrons. The summed E-state index contributed by atoms with van der Waals surface area (Å²) in [6, 6.07) is 18.2. The maximum absolute atomic E-state index is 13.8. The number of fused-ring (bicyclic) bond motifs is 3. The lowest BCUT2D eigenvalue weighted by atomic mass is 9.83. The van der Waals surface area contributed by atoms with Gasteiger partial charge in [0.05, 0.1) is 32.3 Å². The average Bonchev–Trinajstić information content (AvgIpc) is 3.17. The van der Waals surface area contributed by atoms with E-state index in [1.54, 1.807) is 23.8 Å². The van der Waals surface area contributed by atoms with Crippen LogP contribution in [0.5, 0.6) is 5.75 Å². The highest BCUT2D eigenvalue weighted by Gasteiger charge is 2.32. The second-order valence-corrected chi connectivity index (χ2v) is 11.4. The normalized spacial score (nSPS) is 16.8. The summed E-state index contributed by atoms with van der Waals surface area (Å²) in [5.74, 6) is 0.390. The lowest BCUT2D eigenvalue weighted by Crippen LogP contribution is -2.38. The first-order valence-electron chi connectivity index (χ1n) is 11.4. The highest BCUT2D eigenvalue weighted by molar-refractivity contribution is 9.11. The summed E-state index contributed by atoms with van der Waals surface area (Å²) in [6.07, 6.45) is 3.54. The third-order valence-electron chi connectivity index (χ3n) is 6.58. The number of allylic oxidation sites excluding steroid dienone is 1. The first kappa shape index (κ1) is 23.6. The van der Waals surface area contributed by atoms with Crippen LogP contribution in [0.1, 0.15) is 34.7 Å². The Morgan fingerprint density at radius 2 is 1.81 bits per heavy atom. The van der Waals surface area contributed by atoms with Crippen molar-refractivity contribution < 1.29 is 9.13 Å². The Bertz CT molecular complexity index is 1720. The second kappa shape index (κ2) is 9.25. The molecule has 0 amide bonds. The zero-order valence-electron chi connectivity index (χ0n) is 19.1. The summed E-state index contributed by atoms with van der Waals surface area (Å²) in [4.78, 5) is 19.5. The number of hydrogen-bond acceptors (Lipinski definition) is 4. The largest absolute Gasteiger partial charge is 0.494 e. The lowest BCUT2D eigenvalue weighted by Gasteiger charge is -2.30. The fourth-order valence-corrected chi connectivity index (χ4v) is 7.52. The Balaban J connectivity index is 1.60. The van der Waals surface area contributed by atoms with E-state index in [4.69, 9.17) is 9.73 Å². The number of hydrogen-bond donors (Lipinski definition) is 0. The van der Waals surface area contributed by atoms with Crippen molar-refractivity contribution in [2.45, 2.75) is 18.9 Å². The molecule has 1 atom stereocenters. The van der Waals surface area contributed by atoms with Gasteiger partial charge in [-0.1, -0.05) is 47.7 Å². The molecule has 1 aromatic heterocycles. The van der Waals surface area contributed by atoms with E-state index in [-0.39, 0.29) is 17.4 Å². The highest BCUT2D eigenvalue weighted by atomic mass is 79.9. The van der Waals surface area contributed by atoms with Gasteiger partial charge in [0, 0.05) is 5.56 Å². The molecule has 0 bridgehead atoms. The van der Waals surface area contributed by atoms with Crippen molar-refractivity contribution >= 4 is 55.0 Å². The van der Waals surface area contributed by atoms with Crippen LogP contribution in [0.2, 0.25) is 0 Å². The van der Waals surface area contributed by atoms with E-state index in [1.807, 2.05) is 30.3 Å². The molecule has 0 saturated heterocycles. The molecule has 2 aliphatic rings. The fourth-order valence-electron chi connectivity index (χ4n) is 4.98. The summed E-state index contributed by atoms with van der Waals surface area (Å²) >= 11 is 8.45. The van der Waals surface area contributed by atoms with Crippen molar-refractivity contribution in [1.29, 1.82) is 0 Å². The summed E-state index contributed by atoms with van der Waals surface area (Å²) in [5, 5.41) is 0. The van der Waals surface area contributed by atoms with E-state index >= 15 is 0 Å². The molecule has 0 unspecified atom stereocenters. The van der Waals surface area contributed by atoms with Crippen molar-refractivity contribution in [2.24, 2.45) is 4.99 Å². The van der Waals surface area contributed by atoms with Crippen molar-refractivity contribution in [3.63, 3.8) is 0 Å². The second-order valence-electron chi connectivity index (χ2n) is 8.68. The maximum Gasteiger partial charge on any atom is 0.271 e. The molecule has 2 heterocycles. The van der Waals surface area contributed by atoms with Gasteiger partial charge in [-0.25, -0.2) is 9.38 Å². The van der Waals surface area contributed by atoms with Gasteiger partial charge in [0.2, 0.25) is 0 Å². The standard InChI is InChI=1S/C28H19Br2FN2O2S/c1-35-26-21(29)12-15(13-22(26)30)14-23-27(34)33-25(17-6-9-18(31)10-7-17)20-11-8-16-4-2-3-5-19(16)24(20)32-28(33)36-23/h2-7,9-10,12-14,25H,8,11H2,1H3/b23-14+/t25-/m0/s1. The number of benzene rings is 3. The van der Waals surface area contributed by atoms with Gasteiger partial charge in [-0.15, -0.1) is 0 Å². The third-order valence-corrected chi connectivity index (χ3v) is 8.74. The maximum atomic E-state index is 13.8. The lowest BCUT2D eigenvalue weighted by molar-refractivity contribution is 0.409. The van der Waals surface area contributed by atoms with Gasteiger partial charge in [-0.3, -0.25) is 9.36 Å². The molecular formula is C28H19Br2FN2O2S. The average molecular weight is 626 g/mol. The molecule has 6 rings (SSSR count). The molecule has 4 aromatic rings. The molecule has 0 N–H and O–H groups in total.